The highest BCUT2D eigenvalue weighted by Crippen LogP contribution is 2.26. The van der Waals surface area contributed by atoms with E-state index in [-0.39, 0.29) is 0 Å². The molecule has 0 atom stereocenters. The predicted molar refractivity (Wildman–Crippen MR) is 95.2 cm³/mol. The summed E-state index contributed by atoms with van der Waals surface area (Å²) in [6.45, 7) is 2.12. The molecule has 5 heteroatoms. The molecule has 0 aliphatic carbocycles. The van der Waals surface area contributed by atoms with Crippen molar-refractivity contribution in [2.45, 2.75) is 6.92 Å². The van der Waals surface area contributed by atoms with Crippen LogP contribution in [0, 0.1) is 11.7 Å². The Bertz CT molecular complexity index is 877. The minimum Gasteiger partial charge on any atom is -0.377 e. The summed E-state index contributed by atoms with van der Waals surface area (Å²) in [4.78, 5) is 5.38. The average molecular weight is 362 g/mol. The van der Waals surface area contributed by atoms with Crippen molar-refractivity contribution in [2.75, 3.05) is 19.0 Å². The number of rotatable bonds is 2. The van der Waals surface area contributed by atoms with Gasteiger partial charge in [0.2, 0.25) is 0 Å². The molecule has 2 aromatic carbocycles. The summed E-state index contributed by atoms with van der Waals surface area (Å²) in [5, 5.41) is 0. The third kappa shape index (κ3) is 2.51. The number of H-pyrrole nitrogens is 1. The summed E-state index contributed by atoms with van der Waals surface area (Å²) in [6, 6.07) is 12.5. The highest BCUT2D eigenvalue weighted by Gasteiger charge is 2.09. The maximum absolute atomic E-state index is 5.50. The van der Waals surface area contributed by atoms with Gasteiger partial charge in [-0.3, -0.25) is 4.57 Å². The largest absolute Gasteiger partial charge is 0.377 e. The van der Waals surface area contributed by atoms with E-state index in [4.69, 9.17) is 12.2 Å². The van der Waals surface area contributed by atoms with Crippen molar-refractivity contribution < 1.29 is 0 Å². The molecule has 1 aromatic heterocycles. The van der Waals surface area contributed by atoms with Crippen molar-refractivity contribution in [3.8, 4) is 5.69 Å². The molecule has 0 aliphatic rings. The molecule has 108 valence electrons. The second-order valence-electron chi connectivity index (χ2n) is 5.29. The van der Waals surface area contributed by atoms with E-state index in [1.54, 1.807) is 0 Å². The second kappa shape index (κ2) is 5.31. The molecule has 0 saturated carbocycles. The number of fused-ring (bicyclic) bond motifs is 1. The van der Waals surface area contributed by atoms with Gasteiger partial charge < -0.3 is 9.88 Å². The Morgan fingerprint density at radius 2 is 1.90 bits per heavy atom. The van der Waals surface area contributed by atoms with Crippen molar-refractivity contribution in [2.24, 2.45) is 0 Å². The predicted octanol–water partition coefficient (Wildman–Crippen LogP) is 4.83. The van der Waals surface area contributed by atoms with Crippen molar-refractivity contribution in [3.63, 3.8) is 0 Å². The number of imidazole rings is 1. The van der Waals surface area contributed by atoms with E-state index in [9.17, 15) is 0 Å². The topological polar surface area (TPSA) is 24.0 Å². The number of hydrogen-bond donors (Lipinski definition) is 1. The molecule has 0 saturated heterocycles. The maximum Gasteiger partial charge on any atom is 0.182 e. The van der Waals surface area contributed by atoms with Crippen LogP contribution in [0.5, 0.6) is 0 Å². The normalized spacial score (nSPS) is 11.0. The first kappa shape index (κ1) is 14.4. The Morgan fingerprint density at radius 1 is 1.14 bits per heavy atom. The van der Waals surface area contributed by atoms with Gasteiger partial charge in [-0.2, -0.15) is 0 Å². The lowest BCUT2D eigenvalue weighted by atomic mass is 10.1. The molecule has 3 rings (SSSR count). The first-order valence-electron chi connectivity index (χ1n) is 6.66. The quantitative estimate of drug-likeness (QED) is 0.661. The molecule has 0 spiro atoms. The van der Waals surface area contributed by atoms with Crippen LogP contribution in [0.2, 0.25) is 0 Å². The van der Waals surface area contributed by atoms with E-state index >= 15 is 0 Å². The number of benzene rings is 2. The van der Waals surface area contributed by atoms with Crippen LogP contribution >= 0.6 is 28.1 Å². The van der Waals surface area contributed by atoms with E-state index in [0.29, 0.717) is 4.77 Å². The van der Waals surface area contributed by atoms with Gasteiger partial charge in [0, 0.05) is 24.3 Å². The van der Waals surface area contributed by atoms with Crippen LogP contribution in [0.3, 0.4) is 0 Å². The SMILES string of the molecule is Cc1ccc(-n2c(=S)[nH]c3cc(Br)ccc32)cc1N(C)C. The molecule has 0 aliphatic heterocycles. The van der Waals surface area contributed by atoms with Gasteiger partial charge in [0.05, 0.1) is 16.7 Å². The van der Waals surface area contributed by atoms with Crippen LogP contribution < -0.4 is 4.90 Å². The molecule has 1 N–H and O–H groups in total. The Morgan fingerprint density at radius 3 is 2.62 bits per heavy atom. The molecular weight excluding hydrogens is 346 g/mol. The highest BCUT2D eigenvalue weighted by molar-refractivity contribution is 9.10. The van der Waals surface area contributed by atoms with Gasteiger partial charge in [-0.1, -0.05) is 22.0 Å². The van der Waals surface area contributed by atoms with E-state index in [2.05, 4.69) is 75.7 Å². The summed E-state index contributed by atoms with van der Waals surface area (Å²) in [6.07, 6.45) is 0. The van der Waals surface area contributed by atoms with Gasteiger partial charge in [0.1, 0.15) is 0 Å². The molecule has 21 heavy (non-hydrogen) atoms. The standard InChI is InChI=1S/C16H16BrN3S/c1-10-4-6-12(9-15(10)19(2)3)20-14-7-5-11(17)8-13(14)18-16(20)21/h4-9H,1-3H3,(H,18,21). The van der Waals surface area contributed by atoms with Crippen molar-refractivity contribution in [3.05, 3.63) is 51.2 Å². The summed E-state index contributed by atoms with van der Waals surface area (Å²) < 4.78 is 3.82. The van der Waals surface area contributed by atoms with Gasteiger partial charge in [0.15, 0.2) is 4.77 Å². The first-order chi connectivity index (χ1) is 9.97. The van der Waals surface area contributed by atoms with Crippen LogP contribution in [0.25, 0.3) is 16.7 Å². The zero-order chi connectivity index (χ0) is 15.1. The minimum atomic E-state index is 0.705. The minimum absolute atomic E-state index is 0.705. The molecular formula is C16H16BrN3S. The molecule has 3 nitrogen and oxygen atoms in total. The van der Waals surface area contributed by atoms with Crippen LogP contribution in [0.15, 0.2) is 40.9 Å². The Balaban J connectivity index is 2.28. The van der Waals surface area contributed by atoms with Crippen molar-refractivity contribution in [1.29, 1.82) is 0 Å². The summed E-state index contributed by atoms with van der Waals surface area (Å²) in [5.74, 6) is 0. The number of hydrogen-bond acceptors (Lipinski definition) is 2. The fourth-order valence-electron chi connectivity index (χ4n) is 2.56. The molecule has 0 fully saturated rings. The lowest BCUT2D eigenvalue weighted by Gasteiger charge is -2.17. The van der Waals surface area contributed by atoms with Crippen LogP contribution in [-0.2, 0) is 0 Å². The monoisotopic (exact) mass is 361 g/mol. The molecule has 1 heterocycles. The smallest absolute Gasteiger partial charge is 0.182 e. The van der Waals surface area contributed by atoms with E-state index in [0.717, 1.165) is 21.2 Å². The molecule has 0 radical (unpaired) electrons. The molecule has 0 amide bonds. The van der Waals surface area contributed by atoms with E-state index < -0.39 is 0 Å². The van der Waals surface area contributed by atoms with Gasteiger partial charge in [-0.15, -0.1) is 0 Å². The lowest BCUT2D eigenvalue weighted by molar-refractivity contribution is 1.05. The Kier molecular flexibility index (Phi) is 3.63. The number of nitrogens with zero attached hydrogens (tertiary/aromatic N) is 2. The summed E-state index contributed by atoms with van der Waals surface area (Å²) in [5.41, 5.74) is 5.62. The molecule has 0 bridgehead atoms. The van der Waals surface area contributed by atoms with Crippen LogP contribution in [0.1, 0.15) is 5.56 Å². The Hall–Kier alpha value is -1.59. The molecule has 3 aromatic rings. The lowest BCUT2D eigenvalue weighted by Crippen LogP contribution is -2.11. The van der Waals surface area contributed by atoms with E-state index in [1.165, 1.54) is 11.3 Å². The number of aromatic nitrogens is 2. The Labute approximate surface area is 137 Å². The van der Waals surface area contributed by atoms with E-state index in [1.807, 2.05) is 12.1 Å². The number of aryl methyl sites for hydroxylation is 1. The van der Waals surface area contributed by atoms with Gasteiger partial charge >= 0.3 is 0 Å². The van der Waals surface area contributed by atoms with Crippen molar-refractivity contribution >= 4 is 44.9 Å². The third-order valence-corrected chi connectivity index (χ3v) is 4.35. The third-order valence-electron chi connectivity index (χ3n) is 3.58. The summed E-state index contributed by atoms with van der Waals surface area (Å²) >= 11 is 8.99. The van der Waals surface area contributed by atoms with Crippen molar-refractivity contribution in [1.82, 2.24) is 9.55 Å². The van der Waals surface area contributed by atoms with Gasteiger partial charge in [0.25, 0.3) is 0 Å². The summed E-state index contributed by atoms with van der Waals surface area (Å²) in [7, 11) is 4.11. The maximum atomic E-state index is 5.50. The fraction of sp³-hybridized carbons (Fsp3) is 0.188. The first-order valence-corrected chi connectivity index (χ1v) is 7.86. The highest BCUT2D eigenvalue weighted by atomic mass is 79.9. The second-order valence-corrected chi connectivity index (χ2v) is 6.59. The number of halogens is 1. The number of aromatic amines is 1. The average Bonchev–Trinajstić information content (AvgIpc) is 2.74. The van der Waals surface area contributed by atoms with Crippen LogP contribution in [-0.4, -0.2) is 23.6 Å². The zero-order valence-electron chi connectivity index (χ0n) is 12.1. The van der Waals surface area contributed by atoms with Crippen LogP contribution in [0.4, 0.5) is 5.69 Å². The van der Waals surface area contributed by atoms with Gasteiger partial charge in [-0.05, 0) is 55.0 Å². The van der Waals surface area contributed by atoms with Gasteiger partial charge in [-0.25, -0.2) is 0 Å². The zero-order valence-corrected chi connectivity index (χ0v) is 14.5. The number of anilines is 1. The fourth-order valence-corrected chi connectivity index (χ4v) is 3.23. The number of nitrogens with one attached hydrogen (secondary N) is 1. The molecule has 0 unspecified atom stereocenters.